The highest BCUT2D eigenvalue weighted by Gasteiger charge is 1.74. The molecule has 0 aliphatic rings. The lowest BCUT2D eigenvalue weighted by Crippen LogP contribution is -1.64. The molecule has 0 heterocycles. The van der Waals surface area contributed by atoms with Gasteiger partial charge in [-0.3, -0.25) is 0 Å². The van der Waals surface area contributed by atoms with Gasteiger partial charge in [0, 0.05) is 0 Å². The third-order valence-corrected chi connectivity index (χ3v) is 1.06. The molecule has 0 unspecified atom stereocenters. The minimum Gasteiger partial charge on any atom is -0.516 e. The second kappa shape index (κ2) is 7.28. The van der Waals surface area contributed by atoms with Crippen molar-refractivity contribution in [3.05, 3.63) is 24.5 Å². The second-order valence-electron chi connectivity index (χ2n) is 1.91. The van der Waals surface area contributed by atoms with Crippen molar-refractivity contribution < 1.29 is 5.11 Å². The normalized spacial score (nSPS) is 11.7. The molecule has 0 aromatic carbocycles. The molecule has 9 heavy (non-hydrogen) atoms. The van der Waals surface area contributed by atoms with Crippen molar-refractivity contribution in [3.63, 3.8) is 0 Å². The van der Waals surface area contributed by atoms with Crippen molar-refractivity contribution in [1.29, 1.82) is 0 Å². The van der Waals surface area contributed by atoms with E-state index in [0.29, 0.717) is 0 Å². The molecule has 1 heteroatoms. The molecule has 52 valence electrons. The first-order valence-electron chi connectivity index (χ1n) is 3.37. The van der Waals surface area contributed by atoms with E-state index in [1.54, 1.807) is 6.08 Å². The Balaban J connectivity index is 3.04. The molecule has 0 saturated carbocycles. The van der Waals surface area contributed by atoms with Gasteiger partial charge in [0.15, 0.2) is 0 Å². The highest BCUT2D eigenvalue weighted by Crippen LogP contribution is 1.94. The number of hydrogen-bond acceptors (Lipinski definition) is 1. The van der Waals surface area contributed by atoms with Crippen LogP contribution < -0.4 is 0 Å². The van der Waals surface area contributed by atoms with Gasteiger partial charge in [-0.1, -0.05) is 31.9 Å². The van der Waals surface area contributed by atoms with Crippen LogP contribution in [0.1, 0.15) is 26.2 Å². The van der Waals surface area contributed by atoms with Gasteiger partial charge in [0.2, 0.25) is 0 Å². The fourth-order valence-electron chi connectivity index (χ4n) is 0.546. The van der Waals surface area contributed by atoms with Crippen LogP contribution in [0.5, 0.6) is 0 Å². The minimum absolute atomic E-state index is 1.04. The zero-order valence-electron chi connectivity index (χ0n) is 5.88. The Morgan fingerprint density at radius 3 is 2.67 bits per heavy atom. The Labute approximate surface area is 56.7 Å². The van der Waals surface area contributed by atoms with Gasteiger partial charge in [-0.05, 0) is 12.5 Å². The maximum absolute atomic E-state index is 8.19. The van der Waals surface area contributed by atoms with Gasteiger partial charge >= 0.3 is 0 Å². The van der Waals surface area contributed by atoms with E-state index in [0.717, 1.165) is 12.7 Å². The van der Waals surface area contributed by atoms with Crippen LogP contribution in [0.4, 0.5) is 0 Å². The maximum Gasteiger partial charge on any atom is 0.0791 e. The van der Waals surface area contributed by atoms with Crippen LogP contribution in [-0.4, -0.2) is 5.11 Å². The minimum atomic E-state index is 1.04. The molecule has 0 aromatic heterocycles. The molecule has 0 aliphatic heterocycles. The zero-order valence-corrected chi connectivity index (χ0v) is 5.88. The smallest absolute Gasteiger partial charge is 0.0791 e. The van der Waals surface area contributed by atoms with Crippen LogP contribution >= 0.6 is 0 Å². The Morgan fingerprint density at radius 2 is 2.11 bits per heavy atom. The summed E-state index contributed by atoms with van der Waals surface area (Å²) in [6, 6.07) is 0. The van der Waals surface area contributed by atoms with E-state index in [-0.39, 0.29) is 0 Å². The second-order valence-corrected chi connectivity index (χ2v) is 1.91. The van der Waals surface area contributed by atoms with Gasteiger partial charge in [-0.25, -0.2) is 0 Å². The zero-order chi connectivity index (χ0) is 6.95. The summed E-state index contributed by atoms with van der Waals surface area (Å²) >= 11 is 0. The standard InChI is InChI=1S/C8H14O/c1-2-3-4-5-6-7-8-9/h5-9H,2-4H2,1H3/b6-5+,8-7+. The van der Waals surface area contributed by atoms with Gasteiger partial charge in [0.1, 0.15) is 0 Å². The predicted octanol–water partition coefficient (Wildman–Crippen LogP) is 2.80. The van der Waals surface area contributed by atoms with E-state index in [2.05, 4.69) is 13.0 Å². The van der Waals surface area contributed by atoms with Crippen molar-refractivity contribution in [2.24, 2.45) is 0 Å². The number of unbranched alkanes of at least 4 members (excludes halogenated alkanes) is 2. The first kappa shape index (κ1) is 8.28. The number of aliphatic hydroxyl groups is 1. The molecule has 0 fully saturated rings. The summed E-state index contributed by atoms with van der Waals surface area (Å²) in [6.07, 6.45) is 10.1. The lowest BCUT2D eigenvalue weighted by Gasteiger charge is -1.84. The van der Waals surface area contributed by atoms with Crippen LogP contribution in [0.3, 0.4) is 0 Å². The quantitative estimate of drug-likeness (QED) is 0.349. The van der Waals surface area contributed by atoms with Gasteiger partial charge in [-0.15, -0.1) is 0 Å². The Morgan fingerprint density at radius 1 is 1.33 bits per heavy atom. The predicted molar refractivity (Wildman–Crippen MR) is 40.4 cm³/mol. The SMILES string of the molecule is CCCC/C=C/C=C/O. The van der Waals surface area contributed by atoms with E-state index in [1.807, 2.05) is 6.08 Å². The van der Waals surface area contributed by atoms with Crippen LogP contribution in [0.25, 0.3) is 0 Å². The Bertz CT molecular complexity index is 92.7. The van der Waals surface area contributed by atoms with Crippen molar-refractivity contribution >= 4 is 0 Å². The molecular weight excluding hydrogens is 112 g/mol. The summed E-state index contributed by atoms with van der Waals surface area (Å²) < 4.78 is 0. The van der Waals surface area contributed by atoms with Gasteiger partial charge in [0.05, 0.1) is 6.26 Å². The highest BCUT2D eigenvalue weighted by atomic mass is 16.2. The fourth-order valence-corrected chi connectivity index (χ4v) is 0.546. The third kappa shape index (κ3) is 7.28. The van der Waals surface area contributed by atoms with Crippen LogP contribution in [0.15, 0.2) is 24.5 Å². The van der Waals surface area contributed by atoms with Crippen LogP contribution in [-0.2, 0) is 0 Å². The summed E-state index contributed by atoms with van der Waals surface area (Å²) in [5, 5.41) is 8.19. The summed E-state index contributed by atoms with van der Waals surface area (Å²) in [6.45, 7) is 2.16. The molecule has 0 amide bonds. The van der Waals surface area contributed by atoms with E-state index >= 15 is 0 Å². The number of hydrogen-bond donors (Lipinski definition) is 1. The largest absolute Gasteiger partial charge is 0.516 e. The fraction of sp³-hybridized carbons (Fsp3) is 0.500. The highest BCUT2D eigenvalue weighted by molar-refractivity contribution is 4.98. The van der Waals surface area contributed by atoms with Crippen molar-refractivity contribution in [2.45, 2.75) is 26.2 Å². The van der Waals surface area contributed by atoms with Crippen LogP contribution in [0.2, 0.25) is 0 Å². The molecule has 0 radical (unpaired) electrons. The molecule has 0 spiro atoms. The first-order valence-corrected chi connectivity index (χ1v) is 3.37. The van der Waals surface area contributed by atoms with Gasteiger partial charge in [0.25, 0.3) is 0 Å². The topological polar surface area (TPSA) is 20.2 Å². The van der Waals surface area contributed by atoms with E-state index in [4.69, 9.17) is 5.11 Å². The van der Waals surface area contributed by atoms with Crippen LogP contribution in [0, 0.1) is 0 Å². The average molecular weight is 126 g/mol. The molecule has 0 saturated heterocycles. The van der Waals surface area contributed by atoms with Gasteiger partial charge in [-0.2, -0.15) is 0 Å². The summed E-state index contributed by atoms with van der Waals surface area (Å²) in [4.78, 5) is 0. The number of allylic oxidation sites excluding steroid dienone is 3. The first-order chi connectivity index (χ1) is 4.41. The monoisotopic (exact) mass is 126 g/mol. The van der Waals surface area contributed by atoms with E-state index < -0.39 is 0 Å². The number of aliphatic hydroxyl groups excluding tert-OH is 1. The van der Waals surface area contributed by atoms with Crippen molar-refractivity contribution in [1.82, 2.24) is 0 Å². The lowest BCUT2D eigenvalue weighted by atomic mass is 10.2. The summed E-state index contributed by atoms with van der Waals surface area (Å²) in [7, 11) is 0. The van der Waals surface area contributed by atoms with Crippen molar-refractivity contribution in [3.8, 4) is 0 Å². The summed E-state index contributed by atoms with van der Waals surface area (Å²) in [5.74, 6) is 0. The molecule has 0 bridgehead atoms. The molecule has 0 rings (SSSR count). The molecule has 1 N–H and O–H groups in total. The Hall–Kier alpha value is -0.720. The van der Waals surface area contributed by atoms with Crippen molar-refractivity contribution in [2.75, 3.05) is 0 Å². The molecule has 0 aromatic rings. The molecular formula is C8H14O. The molecule has 1 nitrogen and oxygen atoms in total. The molecule has 0 aliphatic carbocycles. The van der Waals surface area contributed by atoms with E-state index in [9.17, 15) is 0 Å². The number of rotatable bonds is 4. The summed E-state index contributed by atoms with van der Waals surface area (Å²) in [5.41, 5.74) is 0. The lowest BCUT2D eigenvalue weighted by molar-refractivity contribution is 0.473. The Kier molecular flexibility index (Phi) is 6.70. The maximum atomic E-state index is 8.19. The molecule has 0 atom stereocenters. The third-order valence-electron chi connectivity index (χ3n) is 1.06. The van der Waals surface area contributed by atoms with Gasteiger partial charge < -0.3 is 5.11 Å². The van der Waals surface area contributed by atoms with E-state index in [1.165, 1.54) is 12.8 Å². The average Bonchev–Trinajstić information content (AvgIpc) is 1.89.